The van der Waals surface area contributed by atoms with Gasteiger partial charge in [-0.05, 0) is 43.7 Å². The number of aryl methyl sites for hydroxylation is 1. The first kappa shape index (κ1) is 13.2. The summed E-state index contributed by atoms with van der Waals surface area (Å²) < 4.78 is 3.27. The van der Waals surface area contributed by atoms with E-state index in [0.717, 1.165) is 44.7 Å². The Hall–Kier alpha value is -1.81. The number of benzene rings is 2. The van der Waals surface area contributed by atoms with Gasteiger partial charge in [-0.2, -0.15) is 0 Å². The summed E-state index contributed by atoms with van der Waals surface area (Å²) in [6.07, 6.45) is 0. The molecule has 0 aliphatic heterocycles. The Morgan fingerprint density at radius 3 is 2.80 bits per heavy atom. The highest BCUT2D eigenvalue weighted by atomic mass is 79.9. The van der Waals surface area contributed by atoms with Gasteiger partial charge in [0, 0.05) is 22.3 Å². The van der Waals surface area contributed by atoms with Gasteiger partial charge < -0.3 is 10.3 Å². The molecule has 0 saturated carbocycles. The molecule has 2 N–H and O–H groups in total. The van der Waals surface area contributed by atoms with Crippen LogP contribution in [0.15, 0.2) is 40.9 Å². The van der Waals surface area contributed by atoms with Gasteiger partial charge in [0.15, 0.2) is 0 Å². The molecular formula is C16H16BrN3. The monoisotopic (exact) mass is 329 g/mol. The Morgan fingerprint density at radius 2 is 2.05 bits per heavy atom. The van der Waals surface area contributed by atoms with E-state index in [1.165, 1.54) is 0 Å². The summed E-state index contributed by atoms with van der Waals surface area (Å²) in [6.45, 7) is 5.05. The molecule has 3 aromatic rings. The number of aromatic nitrogens is 2. The van der Waals surface area contributed by atoms with E-state index >= 15 is 0 Å². The van der Waals surface area contributed by atoms with Crippen molar-refractivity contribution >= 4 is 32.7 Å². The van der Waals surface area contributed by atoms with E-state index < -0.39 is 0 Å². The number of hydrogen-bond donors (Lipinski definition) is 1. The summed E-state index contributed by atoms with van der Waals surface area (Å²) in [5, 5.41) is 0. The Labute approximate surface area is 126 Å². The van der Waals surface area contributed by atoms with E-state index in [9.17, 15) is 0 Å². The molecule has 0 aliphatic rings. The van der Waals surface area contributed by atoms with Crippen molar-refractivity contribution in [3.8, 4) is 11.4 Å². The minimum Gasteiger partial charge on any atom is -0.398 e. The molecule has 1 heterocycles. The lowest BCUT2D eigenvalue weighted by molar-refractivity contribution is 0.796. The number of rotatable bonds is 2. The summed E-state index contributed by atoms with van der Waals surface area (Å²) in [5.41, 5.74) is 11.1. The maximum absolute atomic E-state index is 6.02. The number of imidazole rings is 1. The third-order valence-electron chi connectivity index (χ3n) is 3.64. The molecule has 20 heavy (non-hydrogen) atoms. The van der Waals surface area contributed by atoms with Gasteiger partial charge in [-0.3, -0.25) is 0 Å². The van der Waals surface area contributed by atoms with Gasteiger partial charge in [0.25, 0.3) is 0 Å². The third-order valence-corrected chi connectivity index (χ3v) is 4.14. The van der Waals surface area contributed by atoms with Gasteiger partial charge >= 0.3 is 0 Å². The second-order valence-electron chi connectivity index (χ2n) is 4.83. The van der Waals surface area contributed by atoms with Crippen LogP contribution < -0.4 is 5.73 Å². The highest BCUT2D eigenvalue weighted by Crippen LogP contribution is 2.30. The lowest BCUT2D eigenvalue weighted by atomic mass is 10.1. The zero-order valence-electron chi connectivity index (χ0n) is 11.5. The second kappa shape index (κ2) is 4.94. The van der Waals surface area contributed by atoms with Gasteiger partial charge in [0.1, 0.15) is 5.82 Å². The Balaban J connectivity index is 2.33. The molecule has 3 rings (SSSR count). The SMILES string of the molecule is CCn1c(-c2cccc(N)c2C)nc2cc(Br)ccc21. The molecule has 0 aliphatic carbocycles. The van der Waals surface area contributed by atoms with Crippen molar-refractivity contribution in [3.05, 3.63) is 46.4 Å². The van der Waals surface area contributed by atoms with Crippen LogP contribution in [0, 0.1) is 6.92 Å². The van der Waals surface area contributed by atoms with Crippen LogP contribution in [-0.4, -0.2) is 9.55 Å². The minimum atomic E-state index is 0.804. The van der Waals surface area contributed by atoms with Crippen LogP contribution in [0.3, 0.4) is 0 Å². The van der Waals surface area contributed by atoms with Crippen molar-refractivity contribution in [2.24, 2.45) is 0 Å². The number of fused-ring (bicyclic) bond motifs is 1. The molecule has 2 aromatic carbocycles. The maximum atomic E-state index is 6.02. The Kier molecular flexibility index (Phi) is 3.26. The summed E-state index contributed by atoms with van der Waals surface area (Å²) in [7, 11) is 0. The van der Waals surface area contributed by atoms with E-state index in [1.807, 2.05) is 31.2 Å². The third kappa shape index (κ3) is 2.00. The van der Waals surface area contributed by atoms with Crippen LogP contribution in [0.5, 0.6) is 0 Å². The van der Waals surface area contributed by atoms with E-state index in [2.05, 4.69) is 39.6 Å². The molecule has 0 spiro atoms. The minimum absolute atomic E-state index is 0.804. The van der Waals surface area contributed by atoms with Crippen molar-refractivity contribution < 1.29 is 0 Å². The average Bonchev–Trinajstić information content (AvgIpc) is 2.79. The Morgan fingerprint density at radius 1 is 1.25 bits per heavy atom. The standard InChI is InChI=1S/C16H16BrN3/c1-3-20-15-8-7-11(17)9-14(15)19-16(20)12-5-4-6-13(18)10(12)2/h4-9H,3,18H2,1-2H3. The molecule has 0 atom stereocenters. The fourth-order valence-electron chi connectivity index (χ4n) is 2.52. The first-order chi connectivity index (χ1) is 9.61. The fourth-order valence-corrected chi connectivity index (χ4v) is 2.87. The molecule has 4 heteroatoms. The van der Waals surface area contributed by atoms with Crippen molar-refractivity contribution in [2.75, 3.05) is 5.73 Å². The molecular weight excluding hydrogens is 314 g/mol. The molecule has 0 amide bonds. The molecule has 0 bridgehead atoms. The van der Waals surface area contributed by atoms with Crippen molar-refractivity contribution in [1.82, 2.24) is 9.55 Å². The van der Waals surface area contributed by atoms with Gasteiger partial charge in [0.05, 0.1) is 11.0 Å². The summed E-state index contributed by atoms with van der Waals surface area (Å²) in [4.78, 5) is 4.79. The number of nitrogens with two attached hydrogens (primary N) is 1. The van der Waals surface area contributed by atoms with Crippen molar-refractivity contribution in [1.29, 1.82) is 0 Å². The quantitative estimate of drug-likeness (QED) is 0.709. The zero-order chi connectivity index (χ0) is 14.3. The van der Waals surface area contributed by atoms with Gasteiger partial charge in [0.2, 0.25) is 0 Å². The van der Waals surface area contributed by atoms with Crippen LogP contribution >= 0.6 is 15.9 Å². The van der Waals surface area contributed by atoms with E-state index in [4.69, 9.17) is 10.7 Å². The molecule has 0 radical (unpaired) electrons. The lowest BCUT2D eigenvalue weighted by Crippen LogP contribution is -2.00. The van der Waals surface area contributed by atoms with Gasteiger partial charge in [-0.25, -0.2) is 4.98 Å². The largest absolute Gasteiger partial charge is 0.398 e. The number of nitrogens with zero attached hydrogens (tertiary/aromatic N) is 2. The predicted molar refractivity (Wildman–Crippen MR) is 87.7 cm³/mol. The zero-order valence-corrected chi connectivity index (χ0v) is 13.1. The normalized spacial score (nSPS) is 11.2. The maximum Gasteiger partial charge on any atom is 0.141 e. The molecule has 0 unspecified atom stereocenters. The summed E-state index contributed by atoms with van der Waals surface area (Å²) >= 11 is 3.50. The molecule has 0 fully saturated rings. The number of nitrogen functional groups attached to an aromatic ring is 1. The van der Waals surface area contributed by atoms with Crippen molar-refractivity contribution in [2.45, 2.75) is 20.4 Å². The first-order valence-corrected chi connectivity index (χ1v) is 7.42. The fraction of sp³-hybridized carbons (Fsp3) is 0.188. The molecule has 1 aromatic heterocycles. The summed E-state index contributed by atoms with van der Waals surface area (Å²) in [6, 6.07) is 12.2. The van der Waals surface area contributed by atoms with Crippen LogP contribution in [-0.2, 0) is 6.54 Å². The van der Waals surface area contributed by atoms with E-state index in [0.29, 0.717) is 0 Å². The van der Waals surface area contributed by atoms with Gasteiger partial charge in [-0.1, -0.05) is 28.1 Å². The molecule has 102 valence electrons. The highest BCUT2D eigenvalue weighted by Gasteiger charge is 2.14. The second-order valence-corrected chi connectivity index (χ2v) is 5.75. The van der Waals surface area contributed by atoms with E-state index in [1.54, 1.807) is 0 Å². The van der Waals surface area contributed by atoms with Crippen molar-refractivity contribution in [3.63, 3.8) is 0 Å². The Bertz CT molecular complexity index is 790. The van der Waals surface area contributed by atoms with Crippen LogP contribution in [0.4, 0.5) is 5.69 Å². The summed E-state index contributed by atoms with van der Waals surface area (Å²) in [5.74, 6) is 0.977. The van der Waals surface area contributed by atoms with E-state index in [-0.39, 0.29) is 0 Å². The number of anilines is 1. The van der Waals surface area contributed by atoms with Crippen LogP contribution in [0.25, 0.3) is 22.4 Å². The smallest absolute Gasteiger partial charge is 0.141 e. The molecule has 3 nitrogen and oxygen atoms in total. The number of hydrogen-bond acceptors (Lipinski definition) is 2. The first-order valence-electron chi connectivity index (χ1n) is 6.63. The lowest BCUT2D eigenvalue weighted by Gasteiger charge is -2.10. The number of halogens is 1. The molecule has 0 saturated heterocycles. The van der Waals surface area contributed by atoms with Gasteiger partial charge in [-0.15, -0.1) is 0 Å². The van der Waals surface area contributed by atoms with Crippen LogP contribution in [0.1, 0.15) is 12.5 Å². The predicted octanol–water partition coefficient (Wildman–Crippen LogP) is 4.38. The average molecular weight is 330 g/mol. The topological polar surface area (TPSA) is 43.8 Å². The van der Waals surface area contributed by atoms with Crippen LogP contribution in [0.2, 0.25) is 0 Å². The highest BCUT2D eigenvalue weighted by molar-refractivity contribution is 9.10.